The summed E-state index contributed by atoms with van der Waals surface area (Å²) in [6.07, 6.45) is 5.06. The first-order chi connectivity index (χ1) is 15.3. The molecule has 0 aromatic carbocycles. The van der Waals surface area contributed by atoms with Crippen LogP contribution in [-0.2, 0) is 23.9 Å². The third kappa shape index (κ3) is 7.41. The first-order valence-electron chi connectivity index (χ1n) is 12.0. The van der Waals surface area contributed by atoms with Gasteiger partial charge in [-0.05, 0) is 36.2 Å². The molecule has 1 saturated carbocycles. The zero-order chi connectivity index (χ0) is 23.7. The van der Waals surface area contributed by atoms with Gasteiger partial charge in [0.2, 0.25) is 0 Å². The minimum atomic E-state index is -0.272. The maximum atomic E-state index is 13.1. The SMILES string of the molecule is CCCC(NOCC=CCl)=C1C(=O)CC(C2OC(OCC(C)C)CC(CC)C2C)CC1=O. The fraction of sp³-hybridized carbons (Fsp3) is 0.760. The number of hydrogen-bond acceptors (Lipinski definition) is 6. The number of carbonyl (C=O) groups excluding carboxylic acids is 2. The van der Waals surface area contributed by atoms with Gasteiger partial charge in [0, 0.05) is 24.8 Å². The zero-order valence-corrected chi connectivity index (χ0v) is 21.0. The number of ketones is 2. The largest absolute Gasteiger partial charge is 0.352 e. The van der Waals surface area contributed by atoms with Crippen LogP contribution in [0.4, 0.5) is 0 Å². The number of nitrogens with one attached hydrogen (secondary N) is 1. The highest BCUT2D eigenvalue weighted by atomic mass is 35.5. The van der Waals surface area contributed by atoms with Crippen molar-refractivity contribution in [1.29, 1.82) is 0 Å². The summed E-state index contributed by atoms with van der Waals surface area (Å²) >= 11 is 5.51. The van der Waals surface area contributed by atoms with Gasteiger partial charge >= 0.3 is 0 Å². The molecule has 7 heteroatoms. The lowest BCUT2D eigenvalue weighted by Gasteiger charge is -2.44. The number of halogens is 1. The lowest BCUT2D eigenvalue weighted by atomic mass is 9.71. The Kier molecular flexibility index (Phi) is 11.4. The summed E-state index contributed by atoms with van der Waals surface area (Å²) in [5.41, 5.74) is 4.99. The second-order valence-electron chi connectivity index (χ2n) is 9.41. The zero-order valence-electron chi connectivity index (χ0n) is 20.2. The van der Waals surface area contributed by atoms with Crippen LogP contribution in [0.2, 0.25) is 0 Å². The Hall–Kier alpha value is -1.21. The van der Waals surface area contributed by atoms with Crippen molar-refractivity contribution in [3.05, 3.63) is 22.9 Å². The molecule has 1 heterocycles. The normalized spacial score (nSPS) is 29.2. The second-order valence-corrected chi connectivity index (χ2v) is 9.67. The molecule has 1 N–H and O–H groups in total. The van der Waals surface area contributed by atoms with Crippen molar-refractivity contribution >= 4 is 23.2 Å². The van der Waals surface area contributed by atoms with Crippen molar-refractivity contribution in [3.63, 3.8) is 0 Å². The minimum absolute atomic E-state index is 0.128. The maximum absolute atomic E-state index is 13.1. The Bertz CT molecular complexity index is 670. The topological polar surface area (TPSA) is 73.9 Å². The smallest absolute Gasteiger partial charge is 0.168 e. The molecule has 2 fully saturated rings. The van der Waals surface area contributed by atoms with Crippen molar-refractivity contribution in [2.75, 3.05) is 13.2 Å². The highest BCUT2D eigenvalue weighted by Crippen LogP contribution is 2.41. The molecule has 0 aromatic rings. The Balaban J connectivity index is 2.15. The third-order valence-corrected chi connectivity index (χ3v) is 6.57. The molecular weight excluding hydrogens is 430 g/mol. The van der Waals surface area contributed by atoms with Crippen molar-refractivity contribution < 1.29 is 23.9 Å². The fourth-order valence-corrected chi connectivity index (χ4v) is 4.81. The van der Waals surface area contributed by atoms with Crippen molar-refractivity contribution in [2.24, 2.45) is 23.7 Å². The van der Waals surface area contributed by atoms with Crippen LogP contribution < -0.4 is 5.48 Å². The lowest BCUT2D eigenvalue weighted by molar-refractivity contribution is -0.239. The summed E-state index contributed by atoms with van der Waals surface area (Å²) in [4.78, 5) is 31.6. The molecule has 0 bridgehead atoms. The van der Waals surface area contributed by atoms with E-state index in [9.17, 15) is 9.59 Å². The van der Waals surface area contributed by atoms with E-state index in [1.165, 1.54) is 5.54 Å². The van der Waals surface area contributed by atoms with Crippen LogP contribution in [0.1, 0.15) is 73.1 Å². The van der Waals surface area contributed by atoms with E-state index < -0.39 is 0 Å². The molecule has 4 unspecified atom stereocenters. The van der Waals surface area contributed by atoms with Gasteiger partial charge in [-0.3, -0.25) is 19.9 Å². The van der Waals surface area contributed by atoms with Gasteiger partial charge in [-0.1, -0.05) is 59.1 Å². The molecule has 0 radical (unpaired) electrons. The number of hydroxylamine groups is 1. The van der Waals surface area contributed by atoms with Crippen molar-refractivity contribution in [2.45, 2.75) is 85.5 Å². The first kappa shape index (κ1) is 27.0. The molecule has 1 aliphatic carbocycles. The van der Waals surface area contributed by atoms with Crippen LogP contribution >= 0.6 is 11.6 Å². The summed E-state index contributed by atoms with van der Waals surface area (Å²) in [5.74, 6) is 0.757. The van der Waals surface area contributed by atoms with Crippen LogP contribution in [0.15, 0.2) is 22.9 Å². The average Bonchev–Trinajstić information content (AvgIpc) is 2.75. The third-order valence-electron chi connectivity index (χ3n) is 6.39. The monoisotopic (exact) mass is 469 g/mol. The molecule has 2 aliphatic rings. The quantitative estimate of drug-likeness (QED) is 0.191. The van der Waals surface area contributed by atoms with Crippen LogP contribution in [0.5, 0.6) is 0 Å². The molecule has 32 heavy (non-hydrogen) atoms. The molecule has 1 aliphatic heterocycles. The van der Waals surface area contributed by atoms with E-state index in [2.05, 4.69) is 33.2 Å². The second kappa shape index (κ2) is 13.5. The van der Waals surface area contributed by atoms with E-state index in [4.69, 9.17) is 25.9 Å². The van der Waals surface area contributed by atoms with Crippen LogP contribution in [0.3, 0.4) is 0 Å². The van der Waals surface area contributed by atoms with Gasteiger partial charge in [-0.25, -0.2) is 0 Å². The van der Waals surface area contributed by atoms with Gasteiger partial charge in [-0.2, -0.15) is 0 Å². The number of rotatable bonds is 11. The van der Waals surface area contributed by atoms with Gasteiger partial charge in [0.15, 0.2) is 17.9 Å². The van der Waals surface area contributed by atoms with Crippen LogP contribution in [0.25, 0.3) is 0 Å². The van der Waals surface area contributed by atoms with E-state index in [-0.39, 0.29) is 48.0 Å². The Labute approximate surface area is 198 Å². The summed E-state index contributed by atoms with van der Waals surface area (Å²) < 4.78 is 12.4. The van der Waals surface area contributed by atoms with Gasteiger partial charge in [-0.15, -0.1) is 0 Å². The molecule has 0 spiro atoms. The highest BCUT2D eigenvalue weighted by Gasteiger charge is 2.44. The van der Waals surface area contributed by atoms with E-state index in [0.29, 0.717) is 43.4 Å². The van der Waals surface area contributed by atoms with Crippen LogP contribution in [-0.4, -0.2) is 37.2 Å². The number of allylic oxidation sites excluding steroid dienone is 2. The summed E-state index contributed by atoms with van der Waals surface area (Å²) in [6.45, 7) is 11.5. The van der Waals surface area contributed by atoms with Crippen molar-refractivity contribution in [1.82, 2.24) is 5.48 Å². The average molecular weight is 470 g/mol. The van der Waals surface area contributed by atoms with Gasteiger partial charge in [0.1, 0.15) is 0 Å². The Morgan fingerprint density at radius 3 is 2.50 bits per heavy atom. The maximum Gasteiger partial charge on any atom is 0.168 e. The van der Waals surface area contributed by atoms with Gasteiger partial charge in [0.05, 0.1) is 30.6 Å². The molecule has 0 amide bonds. The van der Waals surface area contributed by atoms with Crippen molar-refractivity contribution in [3.8, 4) is 0 Å². The summed E-state index contributed by atoms with van der Waals surface area (Å²) in [7, 11) is 0. The molecule has 0 aromatic heterocycles. The lowest BCUT2D eigenvalue weighted by Crippen LogP contribution is -2.47. The molecule has 4 atom stereocenters. The predicted molar refractivity (Wildman–Crippen MR) is 126 cm³/mol. The summed E-state index contributed by atoms with van der Waals surface area (Å²) in [6, 6.07) is 0. The number of ether oxygens (including phenoxy) is 2. The first-order valence-corrected chi connectivity index (χ1v) is 12.4. The van der Waals surface area contributed by atoms with E-state index in [1.807, 2.05) is 6.92 Å². The number of hydrogen-bond donors (Lipinski definition) is 1. The molecule has 182 valence electrons. The number of carbonyl (C=O) groups is 2. The highest BCUT2D eigenvalue weighted by molar-refractivity contribution is 6.25. The minimum Gasteiger partial charge on any atom is -0.352 e. The Morgan fingerprint density at radius 1 is 1.25 bits per heavy atom. The van der Waals surface area contributed by atoms with E-state index in [0.717, 1.165) is 19.3 Å². The molecule has 6 nitrogen and oxygen atoms in total. The number of Topliss-reactive ketones (excluding diaryl/α,β-unsaturated/α-hetero) is 2. The standard InChI is InChI=1S/C25H40ClNO5/c1-6-9-20(27-31-11-8-10-26)24-21(28)12-19(13-22(24)29)25-17(5)18(7-2)14-23(32-25)30-15-16(3)4/h8,10,16-19,23,25,27H,6-7,9,11-15H2,1-5H3. The molecular formula is C25H40ClNO5. The van der Waals surface area contributed by atoms with Gasteiger partial charge in [0.25, 0.3) is 0 Å². The molecule has 1 saturated heterocycles. The summed E-state index contributed by atoms with van der Waals surface area (Å²) in [5, 5.41) is 0. The van der Waals surface area contributed by atoms with E-state index in [1.54, 1.807) is 6.08 Å². The van der Waals surface area contributed by atoms with E-state index >= 15 is 0 Å². The van der Waals surface area contributed by atoms with Crippen LogP contribution in [0, 0.1) is 23.7 Å². The Morgan fingerprint density at radius 2 is 1.94 bits per heavy atom. The fourth-order valence-electron chi connectivity index (χ4n) is 4.74. The molecule has 2 rings (SSSR count). The predicted octanol–water partition coefficient (Wildman–Crippen LogP) is 5.31. The van der Waals surface area contributed by atoms with Gasteiger partial charge < -0.3 is 9.47 Å².